The van der Waals surface area contributed by atoms with E-state index in [0.29, 0.717) is 6.61 Å². The summed E-state index contributed by atoms with van der Waals surface area (Å²) in [5.41, 5.74) is -0.433. The van der Waals surface area contributed by atoms with Gasteiger partial charge in [0.2, 0.25) is 0 Å². The third kappa shape index (κ3) is 4.48. The number of hydrogen-bond acceptors (Lipinski definition) is 5. The summed E-state index contributed by atoms with van der Waals surface area (Å²) in [6.07, 6.45) is 1.76. The Morgan fingerprint density at radius 1 is 1.41 bits per heavy atom. The van der Waals surface area contributed by atoms with Crippen LogP contribution in [-0.4, -0.2) is 61.7 Å². The molecule has 0 bridgehead atoms. The Morgan fingerprint density at radius 2 is 2.06 bits per heavy atom. The average Bonchev–Trinajstić information content (AvgIpc) is 2.30. The number of thioether (sulfide) groups is 1. The van der Waals surface area contributed by atoms with Crippen LogP contribution in [-0.2, 0) is 9.53 Å². The molecule has 4 nitrogen and oxygen atoms in total. The van der Waals surface area contributed by atoms with E-state index in [4.69, 9.17) is 4.74 Å². The van der Waals surface area contributed by atoms with E-state index in [9.17, 15) is 4.79 Å². The Morgan fingerprint density at radius 3 is 2.59 bits per heavy atom. The van der Waals surface area contributed by atoms with Crippen molar-refractivity contribution >= 4 is 17.7 Å². The summed E-state index contributed by atoms with van der Waals surface area (Å²) < 4.78 is 5.22. The van der Waals surface area contributed by atoms with E-state index >= 15 is 0 Å². The highest BCUT2D eigenvalue weighted by Crippen LogP contribution is 2.28. The van der Waals surface area contributed by atoms with Gasteiger partial charge in [-0.1, -0.05) is 0 Å². The fraction of sp³-hybridized carbons (Fsp3) is 0.917. The zero-order valence-electron chi connectivity index (χ0n) is 11.1. The molecule has 100 valence electrons. The molecule has 1 N–H and O–H groups in total. The van der Waals surface area contributed by atoms with Gasteiger partial charge in [-0.2, -0.15) is 11.8 Å². The van der Waals surface area contributed by atoms with Crippen molar-refractivity contribution < 1.29 is 9.53 Å². The molecule has 0 saturated carbocycles. The summed E-state index contributed by atoms with van der Waals surface area (Å²) in [6.45, 7) is 4.09. The quantitative estimate of drug-likeness (QED) is 0.721. The van der Waals surface area contributed by atoms with Gasteiger partial charge in [0.05, 0.1) is 6.61 Å². The highest BCUT2D eigenvalue weighted by atomic mass is 32.2. The summed E-state index contributed by atoms with van der Waals surface area (Å²) in [5, 5.41) is 3.42. The van der Waals surface area contributed by atoms with Crippen molar-refractivity contribution in [3.05, 3.63) is 0 Å². The molecule has 1 aliphatic heterocycles. The molecular weight excluding hydrogens is 236 g/mol. The number of rotatable bonds is 6. The Hall–Kier alpha value is -0.260. The molecule has 0 amide bonds. The van der Waals surface area contributed by atoms with Gasteiger partial charge >= 0.3 is 5.97 Å². The standard InChI is InChI=1S/C12H24N2O2S/c1-4-16-11(15)12(5-9-17-10-6-12)13-7-8-14(2)3/h13H,4-10H2,1-3H3. The summed E-state index contributed by atoms with van der Waals surface area (Å²) in [5.74, 6) is 2.00. The molecule has 0 unspecified atom stereocenters. The fourth-order valence-corrected chi connectivity index (χ4v) is 3.15. The first-order valence-electron chi connectivity index (χ1n) is 6.25. The number of carbonyl (C=O) groups is 1. The molecule has 1 rings (SSSR count). The number of esters is 1. The van der Waals surface area contributed by atoms with Crippen LogP contribution in [0.4, 0.5) is 0 Å². The van der Waals surface area contributed by atoms with Crippen LogP contribution in [0.15, 0.2) is 0 Å². The maximum Gasteiger partial charge on any atom is 0.326 e. The maximum absolute atomic E-state index is 12.1. The molecule has 1 aliphatic rings. The highest BCUT2D eigenvalue weighted by molar-refractivity contribution is 7.99. The molecule has 0 aliphatic carbocycles. The van der Waals surface area contributed by atoms with Crippen LogP contribution in [0, 0.1) is 0 Å². The van der Waals surface area contributed by atoms with Crippen LogP contribution in [0.1, 0.15) is 19.8 Å². The normalized spacial score (nSPS) is 19.3. The van der Waals surface area contributed by atoms with Gasteiger partial charge in [-0.25, -0.2) is 0 Å². The predicted molar refractivity (Wildman–Crippen MR) is 72.5 cm³/mol. The van der Waals surface area contributed by atoms with Gasteiger partial charge in [0.1, 0.15) is 5.54 Å². The summed E-state index contributed by atoms with van der Waals surface area (Å²) in [4.78, 5) is 14.2. The predicted octanol–water partition coefficient (Wildman–Crippen LogP) is 0.966. The van der Waals surface area contributed by atoms with Crippen LogP contribution in [0.25, 0.3) is 0 Å². The van der Waals surface area contributed by atoms with Gasteiger partial charge in [-0.3, -0.25) is 4.79 Å². The van der Waals surface area contributed by atoms with E-state index < -0.39 is 5.54 Å². The first-order chi connectivity index (χ1) is 8.10. The number of nitrogens with one attached hydrogen (secondary N) is 1. The van der Waals surface area contributed by atoms with Gasteiger partial charge in [-0.05, 0) is 45.4 Å². The lowest BCUT2D eigenvalue weighted by molar-refractivity contribution is -0.151. The summed E-state index contributed by atoms with van der Waals surface area (Å²) in [6, 6.07) is 0. The Balaban J connectivity index is 2.55. The molecule has 17 heavy (non-hydrogen) atoms. The summed E-state index contributed by atoms with van der Waals surface area (Å²) >= 11 is 1.91. The van der Waals surface area contributed by atoms with Crippen LogP contribution < -0.4 is 5.32 Å². The van der Waals surface area contributed by atoms with Crippen molar-refractivity contribution in [1.82, 2.24) is 10.2 Å². The van der Waals surface area contributed by atoms with Gasteiger partial charge in [-0.15, -0.1) is 0 Å². The van der Waals surface area contributed by atoms with Gasteiger partial charge in [0, 0.05) is 13.1 Å². The molecule has 0 spiro atoms. The van der Waals surface area contributed by atoms with Crippen molar-refractivity contribution in [2.45, 2.75) is 25.3 Å². The van der Waals surface area contributed by atoms with E-state index in [1.165, 1.54) is 0 Å². The van der Waals surface area contributed by atoms with Crippen molar-refractivity contribution in [3.63, 3.8) is 0 Å². The van der Waals surface area contributed by atoms with Crippen LogP contribution in [0.2, 0.25) is 0 Å². The molecule has 1 saturated heterocycles. The number of ether oxygens (including phenoxy) is 1. The lowest BCUT2D eigenvalue weighted by Crippen LogP contribution is -2.56. The van der Waals surface area contributed by atoms with Crippen LogP contribution in [0.5, 0.6) is 0 Å². The van der Waals surface area contributed by atoms with Crippen molar-refractivity contribution in [2.24, 2.45) is 0 Å². The SMILES string of the molecule is CCOC(=O)C1(NCCN(C)C)CCSCC1. The van der Waals surface area contributed by atoms with Crippen molar-refractivity contribution in [1.29, 1.82) is 0 Å². The van der Waals surface area contributed by atoms with E-state index in [-0.39, 0.29) is 5.97 Å². The minimum atomic E-state index is -0.433. The number of nitrogens with zero attached hydrogens (tertiary/aromatic N) is 1. The third-order valence-electron chi connectivity index (χ3n) is 3.03. The van der Waals surface area contributed by atoms with Crippen LogP contribution in [0.3, 0.4) is 0 Å². The molecule has 0 aromatic heterocycles. The molecular formula is C12H24N2O2S. The molecule has 0 aromatic rings. The molecule has 1 fully saturated rings. The number of carbonyl (C=O) groups excluding carboxylic acids is 1. The van der Waals surface area contributed by atoms with Crippen molar-refractivity contribution in [2.75, 3.05) is 45.3 Å². The second kappa shape index (κ2) is 7.24. The fourth-order valence-electron chi connectivity index (χ4n) is 1.96. The Labute approximate surface area is 108 Å². The second-order valence-electron chi connectivity index (χ2n) is 4.65. The topological polar surface area (TPSA) is 41.6 Å². The smallest absolute Gasteiger partial charge is 0.326 e. The molecule has 0 atom stereocenters. The van der Waals surface area contributed by atoms with Gasteiger partial charge < -0.3 is 15.0 Å². The monoisotopic (exact) mass is 260 g/mol. The first-order valence-corrected chi connectivity index (χ1v) is 7.41. The van der Waals surface area contributed by atoms with E-state index in [2.05, 4.69) is 10.2 Å². The lowest BCUT2D eigenvalue weighted by atomic mass is 9.92. The van der Waals surface area contributed by atoms with E-state index in [1.807, 2.05) is 32.8 Å². The zero-order valence-corrected chi connectivity index (χ0v) is 11.9. The van der Waals surface area contributed by atoms with E-state index in [1.54, 1.807) is 0 Å². The Bertz CT molecular complexity index is 241. The minimum absolute atomic E-state index is 0.0703. The molecule has 0 radical (unpaired) electrons. The van der Waals surface area contributed by atoms with E-state index in [0.717, 1.165) is 37.4 Å². The lowest BCUT2D eigenvalue weighted by Gasteiger charge is -2.35. The third-order valence-corrected chi connectivity index (χ3v) is 4.02. The largest absolute Gasteiger partial charge is 0.465 e. The van der Waals surface area contributed by atoms with Crippen molar-refractivity contribution in [3.8, 4) is 0 Å². The molecule has 1 heterocycles. The summed E-state index contributed by atoms with van der Waals surface area (Å²) in [7, 11) is 4.07. The highest BCUT2D eigenvalue weighted by Gasteiger charge is 2.40. The first kappa shape index (κ1) is 14.8. The second-order valence-corrected chi connectivity index (χ2v) is 5.87. The van der Waals surface area contributed by atoms with Gasteiger partial charge in [0.25, 0.3) is 0 Å². The maximum atomic E-state index is 12.1. The van der Waals surface area contributed by atoms with Crippen LogP contribution >= 0.6 is 11.8 Å². The minimum Gasteiger partial charge on any atom is -0.465 e. The zero-order chi connectivity index (χ0) is 12.7. The number of likely N-dealkylation sites (N-methyl/N-ethyl adjacent to an activating group) is 1. The van der Waals surface area contributed by atoms with Gasteiger partial charge in [0.15, 0.2) is 0 Å². The molecule has 5 heteroatoms. The Kier molecular flexibility index (Phi) is 6.30. The average molecular weight is 260 g/mol. The molecule has 0 aromatic carbocycles. The number of hydrogen-bond donors (Lipinski definition) is 1.